The van der Waals surface area contributed by atoms with Crippen molar-refractivity contribution in [1.82, 2.24) is 0 Å². The third kappa shape index (κ3) is 2.63. The molecule has 0 radical (unpaired) electrons. The molecule has 0 aromatic heterocycles. The summed E-state index contributed by atoms with van der Waals surface area (Å²) in [7, 11) is 0. The Labute approximate surface area is 104 Å². The fourth-order valence-corrected chi connectivity index (χ4v) is 1.80. The zero-order valence-electron chi connectivity index (χ0n) is 9.59. The number of rotatable bonds is 3. The van der Waals surface area contributed by atoms with Crippen LogP contribution in [0.25, 0.3) is 0 Å². The smallest absolute Gasteiger partial charge is 0.229 e. The zero-order valence-corrected chi connectivity index (χ0v) is 9.59. The molecule has 1 aromatic rings. The molecule has 1 aromatic carbocycles. The number of hydrogen-bond acceptors (Lipinski definition) is 6. The molecule has 1 aliphatic rings. The summed E-state index contributed by atoms with van der Waals surface area (Å²) in [4.78, 5) is 0. The highest BCUT2D eigenvalue weighted by Crippen LogP contribution is 2.23. The molecular formula is C12H16O6. The summed E-state index contributed by atoms with van der Waals surface area (Å²) in [6.07, 6.45) is -6.28. The molecule has 1 aliphatic heterocycles. The minimum Gasteiger partial charge on any atom is -0.462 e. The number of aliphatic hydroxyl groups excluding tert-OH is 4. The van der Waals surface area contributed by atoms with Gasteiger partial charge < -0.3 is 29.9 Å². The zero-order chi connectivity index (χ0) is 13.1. The van der Waals surface area contributed by atoms with Crippen LogP contribution in [0.1, 0.15) is 0 Å². The van der Waals surface area contributed by atoms with Gasteiger partial charge in [0.1, 0.15) is 30.2 Å². The molecule has 2 rings (SSSR count). The molecule has 0 aliphatic carbocycles. The Bertz CT molecular complexity index is 368. The van der Waals surface area contributed by atoms with Gasteiger partial charge in [-0.15, -0.1) is 0 Å². The van der Waals surface area contributed by atoms with E-state index >= 15 is 0 Å². The van der Waals surface area contributed by atoms with Crippen molar-refractivity contribution in [2.24, 2.45) is 0 Å². The summed E-state index contributed by atoms with van der Waals surface area (Å²) < 4.78 is 10.6. The molecule has 18 heavy (non-hydrogen) atoms. The first kappa shape index (κ1) is 13.3. The van der Waals surface area contributed by atoms with Crippen molar-refractivity contribution in [3.8, 4) is 5.75 Å². The summed E-state index contributed by atoms with van der Waals surface area (Å²) >= 11 is 0. The Morgan fingerprint density at radius 2 is 1.67 bits per heavy atom. The van der Waals surface area contributed by atoms with Crippen LogP contribution in [0.2, 0.25) is 0 Å². The summed E-state index contributed by atoms with van der Waals surface area (Å²) in [5, 5.41) is 37.9. The van der Waals surface area contributed by atoms with Gasteiger partial charge in [0.15, 0.2) is 0 Å². The maximum atomic E-state index is 9.74. The molecule has 0 spiro atoms. The van der Waals surface area contributed by atoms with E-state index in [1.54, 1.807) is 30.3 Å². The minimum absolute atomic E-state index is 0.460. The Balaban J connectivity index is 2.08. The molecule has 0 bridgehead atoms. The lowest BCUT2D eigenvalue weighted by molar-refractivity contribution is -0.277. The van der Waals surface area contributed by atoms with E-state index < -0.39 is 37.3 Å². The molecule has 6 nitrogen and oxygen atoms in total. The van der Waals surface area contributed by atoms with Gasteiger partial charge in [0, 0.05) is 0 Å². The lowest BCUT2D eigenvalue weighted by atomic mass is 9.99. The van der Waals surface area contributed by atoms with E-state index in [0.29, 0.717) is 5.75 Å². The molecule has 6 heteroatoms. The molecule has 0 saturated carbocycles. The normalized spacial score (nSPS) is 36.3. The summed E-state index contributed by atoms with van der Waals surface area (Å²) in [5.41, 5.74) is 0. The highest BCUT2D eigenvalue weighted by molar-refractivity contribution is 5.21. The molecule has 5 atom stereocenters. The van der Waals surface area contributed by atoms with Gasteiger partial charge in [0.2, 0.25) is 6.29 Å². The van der Waals surface area contributed by atoms with Gasteiger partial charge >= 0.3 is 0 Å². The van der Waals surface area contributed by atoms with E-state index in [1.807, 2.05) is 0 Å². The number of aliphatic hydroxyl groups is 4. The third-order valence-electron chi connectivity index (χ3n) is 2.84. The van der Waals surface area contributed by atoms with Crippen LogP contribution in [0, 0.1) is 0 Å². The van der Waals surface area contributed by atoms with Crippen molar-refractivity contribution < 1.29 is 29.9 Å². The Kier molecular flexibility index (Phi) is 4.15. The lowest BCUT2D eigenvalue weighted by Gasteiger charge is -2.39. The molecule has 100 valence electrons. The quantitative estimate of drug-likeness (QED) is 0.546. The highest BCUT2D eigenvalue weighted by Gasteiger charge is 2.44. The number of benzene rings is 1. The van der Waals surface area contributed by atoms with E-state index in [4.69, 9.17) is 14.6 Å². The Morgan fingerprint density at radius 1 is 1.00 bits per heavy atom. The van der Waals surface area contributed by atoms with Crippen LogP contribution in [0.4, 0.5) is 0 Å². The van der Waals surface area contributed by atoms with Gasteiger partial charge in [-0.1, -0.05) is 18.2 Å². The first-order chi connectivity index (χ1) is 8.63. The molecule has 0 amide bonds. The van der Waals surface area contributed by atoms with Crippen LogP contribution >= 0.6 is 0 Å². The summed E-state index contributed by atoms with van der Waals surface area (Å²) in [6.45, 7) is -0.473. The van der Waals surface area contributed by atoms with Crippen molar-refractivity contribution in [3.05, 3.63) is 30.3 Å². The second-order valence-corrected chi connectivity index (χ2v) is 4.13. The fraction of sp³-hybridized carbons (Fsp3) is 0.500. The SMILES string of the molecule is OC[C@@H]1O[C@H](Oc2ccccc2)[C@H](O)[C@H](O)[C@H]1O. The third-order valence-corrected chi connectivity index (χ3v) is 2.84. The van der Waals surface area contributed by atoms with Crippen LogP contribution in [0.15, 0.2) is 30.3 Å². The van der Waals surface area contributed by atoms with Crippen LogP contribution in [0.3, 0.4) is 0 Å². The number of ether oxygens (including phenoxy) is 2. The first-order valence-corrected chi connectivity index (χ1v) is 5.65. The van der Waals surface area contributed by atoms with Crippen LogP contribution in [-0.2, 0) is 4.74 Å². The molecular weight excluding hydrogens is 240 g/mol. The van der Waals surface area contributed by atoms with Gasteiger partial charge in [0.25, 0.3) is 0 Å². The van der Waals surface area contributed by atoms with Gasteiger partial charge in [-0.3, -0.25) is 0 Å². The van der Waals surface area contributed by atoms with E-state index in [0.717, 1.165) is 0 Å². The van der Waals surface area contributed by atoms with Gasteiger partial charge in [-0.25, -0.2) is 0 Å². The average molecular weight is 256 g/mol. The molecule has 0 unspecified atom stereocenters. The molecule has 1 heterocycles. The standard InChI is InChI=1S/C12H16O6/c13-6-8-9(14)10(15)11(16)12(18-8)17-7-4-2-1-3-5-7/h1-5,8-16H,6H2/t8-,9-,10+,11+,12-/m0/s1. The van der Waals surface area contributed by atoms with E-state index in [1.165, 1.54) is 0 Å². The summed E-state index contributed by atoms with van der Waals surface area (Å²) in [6, 6.07) is 8.64. The van der Waals surface area contributed by atoms with E-state index in [2.05, 4.69) is 0 Å². The van der Waals surface area contributed by atoms with Crippen molar-refractivity contribution >= 4 is 0 Å². The Hall–Kier alpha value is -1.18. The highest BCUT2D eigenvalue weighted by atomic mass is 16.7. The Morgan fingerprint density at radius 3 is 2.28 bits per heavy atom. The van der Waals surface area contributed by atoms with Crippen LogP contribution < -0.4 is 4.74 Å². The predicted molar refractivity (Wildman–Crippen MR) is 60.8 cm³/mol. The maximum absolute atomic E-state index is 9.74. The minimum atomic E-state index is -1.43. The van der Waals surface area contributed by atoms with Gasteiger partial charge in [-0.05, 0) is 12.1 Å². The summed E-state index contributed by atoms with van der Waals surface area (Å²) in [5.74, 6) is 0.460. The van der Waals surface area contributed by atoms with Crippen LogP contribution in [-0.4, -0.2) is 57.7 Å². The van der Waals surface area contributed by atoms with E-state index in [-0.39, 0.29) is 0 Å². The molecule has 4 N–H and O–H groups in total. The number of para-hydroxylation sites is 1. The predicted octanol–water partition coefficient (Wildman–Crippen LogP) is -1.13. The largest absolute Gasteiger partial charge is 0.462 e. The van der Waals surface area contributed by atoms with Gasteiger partial charge in [-0.2, -0.15) is 0 Å². The van der Waals surface area contributed by atoms with Crippen molar-refractivity contribution in [2.75, 3.05) is 6.61 Å². The van der Waals surface area contributed by atoms with E-state index in [9.17, 15) is 15.3 Å². The fourth-order valence-electron chi connectivity index (χ4n) is 1.80. The first-order valence-electron chi connectivity index (χ1n) is 5.65. The average Bonchev–Trinajstić information content (AvgIpc) is 2.40. The second-order valence-electron chi connectivity index (χ2n) is 4.13. The molecule has 1 fully saturated rings. The topological polar surface area (TPSA) is 99.4 Å². The lowest BCUT2D eigenvalue weighted by Crippen LogP contribution is -2.60. The van der Waals surface area contributed by atoms with Gasteiger partial charge in [0.05, 0.1) is 6.61 Å². The van der Waals surface area contributed by atoms with Crippen LogP contribution in [0.5, 0.6) is 5.75 Å². The molecule has 1 saturated heterocycles. The second kappa shape index (κ2) is 5.64. The maximum Gasteiger partial charge on any atom is 0.229 e. The van der Waals surface area contributed by atoms with Crippen molar-refractivity contribution in [3.63, 3.8) is 0 Å². The monoisotopic (exact) mass is 256 g/mol. The number of hydrogen-bond donors (Lipinski definition) is 4. The van der Waals surface area contributed by atoms with Crippen molar-refractivity contribution in [2.45, 2.75) is 30.7 Å². The van der Waals surface area contributed by atoms with Crippen molar-refractivity contribution in [1.29, 1.82) is 0 Å².